The molecule has 0 bridgehead atoms. The lowest BCUT2D eigenvalue weighted by Crippen LogP contribution is -2.66. The maximum absolute atomic E-state index is 13.3. The summed E-state index contributed by atoms with van der Waals surface area (Å²) in [6.07, 6.45) is -8.67. The lowest BCUT2D eigenvalue weighted by molar-refractivity contribution is -0.310. The summed E-state index contributed by atoms with van der Waals surface area (Å²) in [5.41, 5.74) is 0. The van der Waals surface area contributed by atoms with Crippen LogP contribution in [0.4, 0.5) is 0 Å². The van der Waals surface area contributed by atoms with Gasteiger partial charge >= 0.3 is 44.4 Å². The number of methoxy groups -OCH3 is 1. The molecule has 234 valence electrons. The molecule has 0 amide bonds. The van der Waals surface area contributed by atoms with E-state index in [9.17, 15) is 28.8 Å². The van der Waals surface area contributed by atoms with Crippen molar-refractivity contribution in [3.63, 3.8) is 0 Å². The van der Waals surface area contributed by atoms with E-state index in [1.165, 1.54) is 0 Å². The number of rotatable bonds is 15. The van der Waals surface area contributed by atoms with Crippen molar-refractivity contribution in [2.45, 2.75) is 91.2 Å². The van der Waals surface area contributed by atoms with E-state index in [1.807, 2.05) is 0 Å². The maximum atomic E-state index is 13.3. The Morgan fingerprint density at radius 1 is 0.829 bits per heavy atom. The molecule has 0 radical (unpaired) electrons. The Balaban J connectivity index is 3.90. The van der Waals surface area contributed by atoms with Gasteiger partial charge in [-0.3, -0.25) is 28.5 Å². The Morgan fingerprint density at radius 2 is 1.39 bits per heavy atom. The van der Waals surface area contributed by atoms with Crippen molar-refractivity contribution < 1.29 is 75.5 Å². The second-order valence-corrected chi connectivity index (χ2v) is 9.57. The molecule has 0 aromatic heterocycles. The van der Waals surface area contributed by atoms with Crippen LogP contribution in [0.25, 0.3) is 0 Å². The van der Waals surface area contributed by atoms with E-state index in [1.54, 1.807) is 13.8 Å². The van der Waals surface area contributed by atoms with Gasteiger partial charge in [-0.1, -0.05) is 0 Å². The molecule has 41 heavy (non-hydrogen) atoms. The molecular weight excluding hydrogens is 575 g/mol. The third kappa shape index (κ3) is 11.5. The number of ether oxygens (including phenoxy) is 7. The van der Waals surface area contributed by atoms with Gasteiger partial charge in [0, 0.05) is 34.6 Å². The van der Waals surface area contributed by atoms with Gasteiger partial charge in [-0.2, -0.15) is 0 Å². The molecule has 1 heterocycles. The Bertz CT molecular complexity index is 935. The predicted molar refractivity (Wildman–Crippen MR) is 134 cm³/mol. The highest BCUT2D eigenvalue weighted by atomic mass is 31.2. The Kier molecular flexibility index (Phi) is 15.1. The van der Waals surface area contributed by atoms with Gasteiger partial charge in [0.15, 0.2) is 18.3 Å². The summed E-state index contributed by atoms with van der Waals surface area (Å²) in [7, 11) is -1.25. The standard InChI is InChI=1S/C24H37O16P/c1-9-33-41(34-10-2)40-24(23(30)31-8)11-18(35-14(4)26)20(37-16(6)28)22(39-24)21(38-17(7)29)19(36-15(5)27)12-32-13(3)25/h18-22H,9-12H2,1-8H3/t18-,19+,20+,21+,22+,24+/m0/s1. The van der Waals surface area contributed by atoms with Gasteiger partial charge in [-0.05, 0) is 13.8 Å². The van der Waals surface area contributed by atoms with E-state index in [0.717, 1.165) is 41.7 Å². The van der Waals surface area contributed by atoms with Crippen molar-refractivity contribution >= 4 is 44.4 Å². The summed E-state index contributed by atoms with van der Waals surface area (Å²) in [6.45, 7) is 8.09. The third-order valence-corrected chi connectivity index (χ3v) is 6.44. The van der Waals surface area contributed by atoms with E-state index in [-0.39, 0.29) is 13.2 Å². The second kappa shape index (κ2) is 17.1. The molecule has 17 heteroatoms. The van der Waals surface area contributed by atoms with E-state index < -0.39 is 93.8 Å². The van der Waals surface area contributed by atoms with Gasteiger partial charge in [0.2, 0.25) is 0 Å². The molecule has 0 saturated carbocycles. The average Bonchev–Trinajstić information content (AvgIpc) is 2.85. The number of esters is 6. The van der Waals surface area contributed by atoms with Gasteiger partial charge in [0.25, 0.3) is 5.79 Å². The number of carbonyl (C=O) groups excluding carboxylic acids is 6. The molecule has 16 nitrogen and oxygen atoms in total. The quantitative estimate of drug-likeness (QED) is 0.145. The van der Waals surface area contributed by atoms with Crippen LogP contribution < -0.4 is 0 Å². The van der Waals surface area contributed by atoms with Gasteiger partial charge in [-0.15, -0.1) is 0 Å². The monoisotopic (exact) mass is 612 g/mol. The minimum Gasteiger partial charge on any atom is -0.465 e. The first-order chi connectivity index (χ1) is 19.2. The average molecular weight is 613 g/mol. The van der Waals surface area contributed by atoms with E-state index in [4.69, 9.17) is 46.7 Å². The summed E-state index contributed by atoms with van der Waals surface area (Å²) in [5.74, 6) is -7.88. The molecule has 0 aliphatic carbocycles. The lowest BCUT2D eigenvalue weighted by Gasteiger charge is -2.47. The fourth-order valence-electron chi connectivity index (χ4n) is 3.80. The normalized spacial score (nSPS) is 23.5. The van der Waals surface area contributed by atoms with Crippen LogP contribution >= 0.6 is 8.60 Å². The smallest absolute Gasteiger partial charge is 0.367 e. The van der Waals surface area contributed by atoms with Crippen LogP contribution in [0.5, 0.6) is 0 Å². The fraction of sp³-hybridized carbons (Fsp3) is 0.750. The molecular formula is C24H37O16P. The van der Waals surface area contributed by atoms with E-state index >= 15 is 0 Å². The molecule has 6 atom stereocenters. The fourth-order valence-corrected chi connectivity index (χ4v) is 4.83. The highest BCUT2D eigenvalue weighted by Crippen LogP contribution is 2.49. The van der Waals surface area contributed by atoms with Crippen molar-refractivity contribution in [3.8, 4) is 0 Å². The van der Waals surface area contributed by atoms with Crippen LogP contribution in [-0.2, 0) is 75.5 Å². The first-order valence-corrected chi connectivity index (χ1v) is 13.6. The molecule has 0 aromatic rings. The van der Waals surface area contributed by atoms with E-state index in [2.05, 4.69) is 0 Å². The van der Waals surface area contributed by atoms with Crippen LogP contribution in [-0.4, -0.2) is 99.1 Å². The minimum atomic E-state index is -2.45. The molecule has 0 aromatic carbocycles. The summed E-state index contributed by atoms with van der Waals surface area (Å²) in [4.78, 5) is 73.3. The van der Waals surface area contributed by atoms with Crippen LogP contribution in [0.1, 0.15) is 54.9 Å². The van der Waals surface area contributed by atoms with Crippen molar-refractivity contribution in [3.05, 3.63) is 0 Å². The van der Waals surface area contributed by atoms with Crippen molar-refractivity contribution in [1.82, 2.24) is 0 Å². The summed E-state index contributed by atoms with van der Waals surface area (Å²) in [6, 6.07) is 0. The molecule has 1 aliphatic heterocycles. The molecule has 1 rings (SSSR count). The Labute approximate surface area is 238 Å². The van der Waals surface area contributed by atoms with Gasteiger partial charge in [0.1, 0.15) is 18.8 Å². The highest BCUT2D eigenvalue weighted by molar-refractivity contribution is 7.41. The molecule has 0 N–H and O–H groups in total. The van der Waals surface area contributed by atoms with Gasteiger partial charge < -0.3 is 42.2 Å². The predicted octanol–water partition coefficient (Wildman–Crippen LogP) is 1.25. The van der Waals surface area contributed by atoms with Gasteiger partial charge in [0.05, 0.1) is 26.7 Å². The van der Waals surface area contributed by atoms with E-state index in [0.29, 0.717) is 0 Å². The third-order valence-electron chi connectivity index (χ3n) is 5.05. The number of hydrogen-bond donors (Lipinski definition) is 0. The summed E-state index contributed by atoms with van der Waals surface area (Å²) >= 11 is 0. The Hall–Kier alpha value is -2.91. The number of hydrogen-bond acceptors (Lipinski definition) is 16. The van der Waals surface area contributed by atoms with Crippen molar-refractivity contribution in [2.24, 2.45) is 0 Å². The summed E-state index contributed by atoms with van der Waals surface area (Å²) < 4.78 is 54.4. The second-order valence-electron chi connectivity index (χ2n) is 8.43. The zero-order valence-electron chi connectivity index (χ0n) is 24.2. The van der Waals surface area contributed by atoms with Crippen LogP contribution in [0.3, 0.4) is 0 Å². The van der Waals surface area contributed by atoms with Crippen molar-refractivity contribution in [1.29, 1.82) is 0 Å². The van der Waals surface area contributed by atoms with Gasteiger partial charge in [-0.25, -0.2) is 4.79 Å². The molecule has 1 aliphatic rings. The van der Waals surface area contributed by atoms with Crippen LogP contribution in [0.15, 0.2) is 0 Å². The maximum Gasteiger partial charge on any atom is 0.367 e. The first-order valence-electron chi connectivity index (χ1n) is 12.5. The van der Waals surface area contributed by atoms with Crippen molar-refractivity contribution in [2.75, 3.05) is 26.9 Å². The molecule has 1 fully saturated rings. The zero-order chi connectivity index (χ0) is 31.3. The van der Waals surface area contributed by atoms with Crippen LogP contribution in [0, 0.1) is 0 Å². The molecule has 1 saturated heterocycles. The highest BCUT2D eigenvalue weighted by Gasteiger charge is 2.61. The van der Waals surface area contributed by atoms with Crippen LogP contribution in [0.2, 0.25) is 0 Å². The minimum absolute atomic E-state index is 0.100. The molecule has 0 unspecified atom stereocenters. The SMILES string of the molecule is CCOP(OCC)O[C@@]1(C(=O)OC)C[C@H](OC(C)=O)[C@@H](OC(C)=O)[C@H]([C@H](OC(C)=O)[C@@H](COC(C)=O)OC(C)=O)O1. The lowest BCUT2D eigenvalue weighted by atomic mass is 9.90. The first kappa shape index (κ1) is 36.1. The Morgan fingerprint density at radius 3 is 1.83 bits per heavy atom. The molecule has 0 spiro atoms. The largest absolute Gasteiger partial charge is 0.465 e. The summed E-state index contributed by atoms with van der Waals surface area (Å²) in [5, 5.41) is 0. The number of carbonyl (C=O) groups is 6. The topological polar surface area (TPSA) is 195 Å². The zero-order valence-corrected chi connectivity index (χ0v) is 25.1.